The Morgan fingerprint density at radius 3 is 2.69 bits per heavy atom. The van der Waals surface area contributed by atoms with E-state index in [2.05, 4.69) is 9.72 Å². The van der Waals surface area contributed by atoms with Crippen molar-refractivity contribution >= 4 is 17.9 Å². The fourth-order valence-corrected chi connectivity index (χ4v) is 0.890. The van der Waals surface area contributed by atoms with Crippen molar-refractivity contribution in [1.82, 2.24) is 4.98 Å². The Morgan fingerprint density at radius 2 is 2.23 bits per heavy atom. The molecule has 70 valence electrons. The van der Waals surface area contributed by atoms with Gasteiger partial charge in [0.15, 0.2) is 17.2 Å². The maximum atomic E-state index is 11.7. The first-order valence-corrected chi connectivity index (χ1v) is 3.58. The summed E-state index contributed by atoms with van der Waals surface area (Å²) in [6.07, 6.45) is 0.456. The van der Waals surface area contributed by atoms with Crippen LogP contribution in [0.2, 0.25) is 5.15 Å². The number of pyridine rings is 1. The van der Waals surface area contributed by atoms with E-state index in [0.717, 1.165) is 6.07 Å². The second-order valence-corrected chi connectivity index (χ2v) is 2.38. The topological polar surface area (TPSA) is 39.2 Å². The lowest BCUT2D eigenvalue weighted by molar-refractivity contribution is -0.0500. The van der Waals surface area contributed by atoms with Crippen LogP contribution in [0.15, 0.2) is 12.1 Å². The molecule has 13 heavy (non-hydrogen) atoms. The van der Waals surface area contributed by atoms with Gasteiger partial charge in [-0.3, -0.25) is 4.79 Å². The number of aromatic nitrogens is 1. The number of alkyl halides is 2. The van der Waals surface area contributed by atoms with Crippen LogP contribution < -0.4 is 4.74 Å². The fraction of sp³-hybridized carbons (Fsp3) is 0.143. The van der Waals surface area contributed by atoms with Gasteiger partial charge in [-0.1, -0.05) is 11.6 Å². The summed E-state index contributed by atoms with van der Waals surface area (Å²) >= 11 is 5.42. The van der Waals surface area contributed by atoms with Gasteiger partial charge in [0.05, 0.1) is 0 Å². The van der Waals surface area contributed by atoms with Gasteiger partial charge in [-0.15, -0.1) is 0 Å². The summed E-state index contributed by atoms with van der Waals surface area (Å²) in [5.41, 5.74) is 0.0617. The van der Waals surface area contributed by atoms with E-state index in [1.54, 1.807) is 0 Å². The first kappa shape index (κ1) is 9.85. The van der Waals surface area contributed by atoms with Gasteiger partial charge in [0, 0.05) is 0 Å². The van der Waals surface area contributed by atoms with Crippen LogP contribution in [-0.2, 0) is 0 Å². The molecule has 0 radical (unpaired) electrons. The summed E-state index contributed by atoms with van der Waals surface area (Å²) in [6, 6.07) is 2.39. The molecule has 0 amide bonds. The molecular formula is C7H4ClF2NO2. The third kappa shape index (κ3) is 2.62. The molecule has 1 heterocycles. The van der Waals surface area contributed by atoms with E-state index in [9.17, 15) is 13.6 Å². The summed E-state index contributed by atoms with van der Waals surface area (Å²) in [4.78, 5) is 13.7. The summed E-state index contributed by atoms with van der Waals surface area (Å²) in [7, 11) is 0. The summed E-state index contributed by atoms with van der Waals surface area (Å²) < 4.78 is 27.4. The number of rotatable bonds is 3. The van der Waals surface area contributed by atoms with Crippen LogP contribution in [0, 0.1) is 0 Å². The zero-order valence-corrected chi connectivity index (χ0v) is 6.96. The molecule has 0 unspecified atom stereocenters. The Bertz CT molecular complexity index is 319. The third-order valence-corrected chi connectivity index (χ3v) is 1.44. The molecule has 0 aromatic carbocycles. The molecule has 3 nitrogen and oxygen atoms in total. The van der Waals surface area contributed by atoms with Crippen LogP contribution in [0.3, 0.4) is 0 Å². The predicted octanol–water partition coefficient (Wildman–Crippen LogP) is 2.15. The minimum absolute atomic E-state index is 0.0617. The maximum Gasteiger partial charge on any atom is 0.387 e. The summed E-state index contributed by atoms with van der Waals surface area (Å²) in [5.74, 6) is -0.248. The van der Waals surface area contributed by atoms with E-state index in [1.165, 1.54) is 6.07 Å². The minimum atomic E-state index is -2.96. The molecule has 0 aliphatic heterocycles. The van der Waals surface area contributed by atoms with Gasteiger partial charge in [-0.25, -0.2) is 4.98 Å². The molecule has 0 atom stereocenters. The lowest BCUT2D eigenvalue weighted by Crippen LogP contribution is -2.03. The van der Waals surface area contributed by atoms with Crippen molar-refractivity contribution in [2.75, 3.05) is 0 Å². The molecule has 0 N–H and O–H groups in total. The summed E-state index contributed by atoms with van der Waals surface area (Å²) in [5, 5.41) is -0.259. The minimum Gasteiger partial charge on any atom is -0.432 e. The van der Waals surface area contributed by atoms with Gasteiger partial charge in [0.2, 0.25) is 0 Å². The van der Waals surface area contributed by atoms with Crippen LogP contribution in [0.5, 0.6) is 5.75 Å². The average Bonchev–Trinajstić information content (AvgIpc) is 2.08. The number of aldehydes is 1. The maximum absolute atomic E-state index is 11.7. The molecule has 6 heteroatoms. The van der Waals surface area contributed by atoms with E-state index in [0.29, 0.717) is 6.29 Å². The number of ether oxygens (including phenoxy) is 1. The van der Waals surface area contributed by atoms with Gasteiger partial charge in [-0.05, 0) is 12.1 Å². The highest BCUT2D eigenvalue weighted by molar-refractivity contribution is 6.30. The molecular weight excluding hydrogens is 204 g/mol. The number of hydrogen-bond acceptors (Lipinski definition) is 3. The molecule has 0 fully saturated rings. The van der Waals surface area contributed by atoms with Gasteiger partial charge in [0.1, 0.15) is 5.69 Å². The third-order valence-electron chi connectivity index (χ3n) is 1.17. The number of carbonyl (C=O) groups is 1. The van der Waals surface area contributed by atoms with Crippen molar-refractivity contribution in [1.29, 1.82) is 0 Å². The zero-order valence-electron chi connectivity index (χ0n) is 6.21. The van der Waals surface area contributed by atoms with Crippen molar-refractivity contribution in [3.63, 3.8) is 0 Å². The van der Waals surface area contributed by atoms with Crippen molar-refractivity contribution in [3.05, 3.63) is 23.0 Å². The SMILES string of the molecule is O=Cc1ccc(OC(F)F)c(Cl)n1. The van der Waals surface area contributed by atoms with E-state index in [-0.39, 0.29) is 16.6 Å². The molecule has 1 aromatic rings. The number of halogens is 3. The van der Waals surface area contributed by atoms with E-state index >= 15 is 0 Å². The highest BCUT2D eigenvalue weighted by Gasteiger charge is 2.09. The zero-order chi connectivity index (χ0) is 9.84. The molecule has 1 rings (SSSR count). The van der Waals surface area contributed by atoms with Crippen molar-refractivity contribution in [2.24, 2.45) is 0 Å². The Morgan fingerprint density at radius 1 is 1.54 bits per heavy atom. The Labute approximate surface area is 77.3 Å². The van der Waals surface area contributed by atoms with E-state index < -0.39 is 6.61 Å². The van der Waals surface area contributed by atoms with Crippen LogP contribution in [0.25, 0.3) is 0 Å². The van der Waals surface area contributed by atoms with Gasteiger partial charge >= 0.3 is 6.61 Å². The second-order valence-electron chi connectivity index (χ2n) is 2.02. The molecule has 0 spiro atoms. The lowest BCUT2D eigenvalue weighted by atomic mass is 10.4. The van der Waals surface area contributed by atoms with Crippen LogP contribution in [0.1, 0.15) is 10.5 Å². The first-order chi connectivity index (χ1) is 6.13. The fourth-order valence-electron chi connectivity index (χ4n) is 0.685. The van der Waals surface area contributed by atoms with Crippen molar-refractivity contribution < 1.29 is 18.3 Å². The monoisotopic (exact) mass is 207 g/mol. The van der Waals surface area contributed by atoms with Gasteiger partial charge in [0.25, 0.3) is 0 Å². The van der Waals surface area contributed by atoms with Crippen LogP contribution in [-0.4, -0.2) is 17.9 Å². The van der Waals surface area contributed by atoms with Crippen molar-refractivity contribution in [2.45, 2.75) is 6.61 Å². The van der Waals surface area contributed by atoms with E-state index in [1.807, 2.05) is 0 Å². The standard InChI is InChI=1S/C7H4ClF2NO2/c8-6-5(13-7(9)10)2-1-4(3-12)11-6/h1-3,7H. The smallest absolute Gasteiger partial charge is 0.387 e. The number of nitrogens with zero attached hydrogens (tertiary/aromatic N) is 1. The van der Waals surface area contributed by atoms with E-state index in [4.69, 9.17) is 11.6 Å². The Kier molecular flexibility index (Phi) is 3.13. The van der Waals surface area contributed by atoms with Crippen LogP contribution in [0.4, 0.5) is 8.78 Å². The molecule has 0 aliphatic rings. The first-order valence-electron chi connectivity index (χ1n) is 3.20. The van der Waals surface area contributed by atoms with Crippen molar-refractivity contribution in [3.8, 4) is 5.75 Å². The molecule has 1 aromatic heterocycles. The van der Waals surface area contributed by atoms with Crippen LogP contribution >= 0.6 is 11.6 Å². The Hall–Kier alpha value is -1.23. The molecule has 0 saturated carbocycles. The summed E-state index contributed by atoms with van der Waals surface area (Å²) in [6.45, 7) is -2.96. The highest BCUT2D eigenvalue weighted by Crippen LogP contribution is 2.23. The largest absolute Gasteiger partial charge is 0.432 e. The molecule has 0 saturated heterocycles. The lowest BCUT2D eigenvalue weighted by Gasteiger charge is -2.04. The quantitative estimate of drug-likeness (QED) is 0.563. The molecule has 0 aliphatic carbocycles. The Balaban J connectivity index is 2.91. The highest BCUT2D eigenvalue weighted by atomic mass is 35.5. The number of hydrogen-bond donors (Lipinski definition) is 0. The number of carbonyl (C=O) groups excluding carboxylic acids is 1. The average molecular weight is 208 g/mol. The molecule has 0 bridgehead atoms. The predicted molar refractivity (Wildman–Crippen MR) is 41.3 cm³/mol. The van der Waals surface area contributed by atoms with Gasteiger partial charge in [-0.2, -0.15) is 8.78 Å². The van der Waals surface area contributed by atoms with Gasteiger partial charge < -0.3 is 4.74 Å². The second kappa shape index (κ2) is 4.13. The normalized spacial score (nSPS) is 10.2.